The van der Waals surface area contributed by atoms with Crippen molar-refractivity contribution in [3.63, 3.8) is 0 Å². The number of aromatic nitrogens is 1. The highest BCUT2D eigenvalue weighted by Crippen LogP contribution is 2.41. The maximum absolute atomic E-state index is 13.1. The fourth-order valence-corrected chi connectivity index (χ4v) is 4.26. The topological polar surface area (TPSA) is 51.7 Å². The van der Waals surface area contributed by atoms with Crippen LogP contribution in [-0.4, -0.2) is 36.6 Å². The van der Waals surface area contributed by atoms with E-state index in [1.807, 2.05) is 40.6 Å². The molecule has 0 aliphatic carbocycles. The Labute approximate surface area is 174 Å². The molecule has 2 heterocycles. The Morgan fingerprint density at radius 1 is 1.17 bits per heavy atom. The van der Waals surface area contributed by atoms with Gasteiger partial charge in [0.25, 0.3) is 0 Å². The summed E-state index contributed by atoms with van der Waals surface area (Å²) in [5.74, 6) is 1.34. The van der Waals surface area contributed by atoms with E-state index < -0.39 is 0 Å². The van der Waals surface area contributed by atoms with Crippen molar-refractivity contribution in [1.29, 1.82) is 0 Å². The van der Waals surface area contributed by atoms with E-state index in [2.05, 4.69) is 17.1 Å². The van der Waals surface area contributed by atoms with Gasteiger partial charge < -0.3 is 14.4 Å². The highest BCUT2D eigenvalue weighted by atomic mass is 32.1. The zero-order valence-corrected chi connectivity index (χ0v) is 17.2. The van der Waals surface area contributed by atoms with Crippen LogP contribution in [0.4, 0.5) is 0 Å². The molecule has 6 heteroatoms. The van der Waals surface area contributed by atoms with Gasteiger partial charge in [0.05, 0.1) is 20.3 Å². The van der Waals surface area contributed by atoms with Crippen molar-refractivity contribution in [2.75, 3.05) is 20.8 Å². The summed E-state index contributed by atoms with van der Waals surface area (Å²) in [7, 11) is 3.27. The highest BCUT2D eigenvalue weighted by molar-refractivity contribution is 7.10. The molecule has 1 unspecified atom stereocenters. The number of thiazole rings is 1. The average molecular weight is 407 g/mol. The van der Waals surface area contributed by atoms with Crippen LogP contribution in [0.25, 0.3) is 6.08 Å². The number of methoxy groups -OCH3 is 2. The number of rotatable bonds is 5. The first kappa shape index (κ1) is 19.2. The summed E-state index contributed by atoms with van der Waals surface area (Å²) in [5, 5.41) is 2.71. The summed E-state index contributed by atoms with van der Waals surface area (Å²) in [6, 6.07) is 13.9. The summed E-state index contributed by atoms with van der Waals surface area (Å²) in [6.07, 6.45) is 5.88. The number of carbonyl (C=O) groups excluding carboxylic acids is 1. The lowest BCUT2D eigenvalue weighted by molar-refractivity contribution is -0.127. The van der Waals surface area contributed by atoms with E-state index in [9.17, 15) is 4.79 Å². The molecule has 5 nitrogen and oxygen atoms in total. The number of hydrogen-bond donors (Lipinski definition) is 0. The van der Waals surface area contributed by atoms with Crippen molar-refractivity contribution >= 4 is 23.3 Å². The van der Waals surface area contributed by atoms with Gasteiger partial charge >= 0.3 is 0 Å². The fourth-order valence-electron chi connectivity index (χ4n) is 3.73. The van der Waals surface area contributed by atoms with Gasteiger partial charge in [-0.25, -0.2) is 4.98 Å². The molecule has 1 aliphatic heterocycles. The molecule has 1 atom stereocenters. The predicted octanol–water partition coefficient (Wildman–Crippen LogP) is 4.35. The molecule has 0 N–H and O–H groups in total. The molecule has 1 amide bonds. The first-order valence-electron chi connectivity index (χ1n) is 9.39. The van der Waals surface area contributed by atoms with Crippen molar-refractivity contribution in [1.82, 2.24) is 9.88 Å². The quantitative estimate of drug-likeness (QED) is 0.591. The van der Waals surface area contributed by atoms with Crippen LogP contribution in [-0.2, 0) is 11.2 Å². The summed E-state index contributed by atoms with van der Waals surface area (Å²) in [4.78, 5) is 19.3. The first-order valence-corrected chi connectivity index (χ1v) is 10.3. The van der Waals surface area contributed by atoms with Crippen molar-refractivity contribution < 1.29 is 14.3 Å². The van der Waals surface area contributed by atoms with Crippen LogP contribution in [0.1, 0.15) is 27.7 Å². The Balaban J connectivity index is 1.76. The van der Waals surface area contributed by atoms with E-state index in [-0.39, 0.29) is 11.9 Å². The molecule has 2 aromatic carbocycles. The molecule has 0 saturated heterocycles. The zero-order valence-electron chi connectivity index (χ0n) is 16.4. The number of fused-ring (bicyclic) bond motifs is 1. The molecule has 1 aliphatic rings. The van der Waals surface area contributed by atoms with Crippen molar-refractivity contribution in [2.45, 2.75) is 12.5 Å². The monoisotopic (exact) mass is 406 g/mol. The molecule has 148 valence electrons. The van der Waals surface area contributed by atoms with Gasteiger partial charge in [0.2, 0.25) is 5.91 Å². The predicted molar refractivity (Wildman–Crippen MR) is 114 cm³/mol. The Hall–Kier alpha value is -3.12. The second-order valence-electron chi connectivity index (χ2n) is 6.70. The van der Waals surface area contributed by atoms with Crippen LogP contribution in [0.3, 0.4) is 0 Å². The van der Waals surface area contributed by atoms with E-state index in [0.29, 0.717) is 18.0 Å². The minimum absolute atomic E-state index is 0.0329. The fraction of sp³-hybridized carbons (Fsp3) is 0.217. The van der Waals surface area contributed by atoms with Gasteiger partial charge in [0, 0.05) is 24.2 Å². The molecule has 0 bridgehead atoms. The SMILES string of the molecule is COc1cc2c(cc1OC)C(c1ccccc1)N(C(=O)/C=C/c1nccs1)CC2. The maximum atomic E-state index is 13.1. The summed E-state index contributed by atoms with van der Waals surface area (Å²) in [6.45, 7) is 0.628. The summed E-state index contributed by atoms with van der Waals surface area (Å²) < 4.78 is 11.0. The van der Waals surface area contributed by atoms with Crippen LogP contribution >= 0.6 is 11.3 Å². The van der Waals surface area contributed by atoms with E-state index >= 15 is 0 Å². The van der Waals surface area contributed by atoms with E-state index in [1.54, 1.807) is 32.6 Å². The molecular formula is C23H22N2O3S. The van der Waals surface area contributed by atoms with Gasteiger partial charge in [-0.15, -0.1) is 11.3 Å². The van der Waals surface area contributed by atoms with Gasteiger partial charge in [-0.1, -0.05) is 30.3 Å². The average Bonchev–Trinajstić information content (AvgIpc) is 3.30. The number of amides is 1. The Kier molecular flexibility index (Phi) is 5.62. The van der Waals surface area contributed by atoms with Gasteiger partial charge in [-0.2, -0.15) is 0 Å². The van der Waals surface area contributed by atoms with Crippen LogP contribution in [0.5, 0.6) is 11.5 Å². The lowest BCUT2D eigenvalue weighted by Crippen LogP contribution is -2.39. The molecule has 0 radical (unpaired) electrons. The van der Waals surface area contributed by atoms with Crippen molar-refractivity contribution in [3.8, 4) is 11.5 Å². The molecule has 0 fully saturated rings. The summed E-state index contributed by atoms with van der Waals surface area (Å²) >= 11 is 1.51. The molecule has 29 heavy (non-hydrogen) atoms. The van der Waals surface area contributed by atoms with Crippen LogP contribution in [0, 0.1) is 0 Å². The summed E-state index contributed by atoms with van der Waals surface area (Å²) in [5.41, 5.74) is 3.30. The second-order valence-corrected chi connectivity index (χ2v) is 7.63. The lowest BCUT2D eigenvalue weighted by atomic mass is 9.87. The molecular weight excluding hydrogens is 384 g/mol. The number of carbonyl (C=O) groups is 1. The van der Waals surface area contributed by atoms with Crippen LogP contribution in [0.2, 0.25) is 0 Å². The third-order valence-corrected chi connectivity index (χ3v) is 5.83. The number of ether oxygens (including phenoxy) is 2. The third kappa shape index (κ3) is 3.89. The minimum Gasteiger partial charge on any atom is -0.493 e. The van der Waals surface area contributed by atoms with Gasteiger partial charge in [0.15, 0.2) is 11.5 Å². The van der Waals surface area contributed by atoms with E-state index in [1.165, 1.54) is 16.9 Å². The zero-order chi connectivity index (χ0) is 20.2. The Bertz CT molecular complexity index is 1020. The molecule has 3 aromatic rings. The van der Waals surface area contributed by atoms with Gasteiger partial charge in [-0.05, 0) is 41.3 Å². The molecule has 4 rings (SSSR count). The van der Waals surface area contributed by atoms with Crippen LogP contribution < -0.4 is 9.47 Å². The molecule has 0 spiro atoms. The second kappa shape index (κ2) is 8.49. The van der Waals surface area contributed by atoms with Crippen molar-refractivity contribution in [3.05, 3.63) is 81.8 Å². The van der Waals surface area contributed by atoms with Crippen LogP contribution in [0.15, 0.2) is 60.1 Å². The normalized spacial score (nSPS) is 15.9. The minimum atomic E-state index is -0.187. The highest BCUT2D eigenvalue weighted by Gasteiger charge is 2.32. The van der Waals surface area contributed by atoms with Gasteiger partial charge in [0.1, 0.15) is 5.01 Å². The molecule has 1 aromatic heterocycles. The largest absolute Gasteiger partial charge is 0.493 e. The standard InChI is InChI=1S/C23H22N2O3S/c1-27-19-14-17-10-12-25(22(26)9-8-21-24-11-13-29-21)23(16-6-4-3-5-7-16)18(17)15-20(19)28-2/h3-9,11,13-15,23H,10,12H2,1-2H3/b9-8+. The van der Waals surface area contributed by atoms with Crippen molar-refractivity contribution in [2.24, 2.45) is 0 Å². The Morgan fingerprint density at radius 2 is 1.93 bits per heavy atom. The van der Waals surface area contributed by atoms with Gasteiger partial charge in [-0.3, -0.25) is 4.79 Å². The third-order valence-electron chi connectivity index (χ3n) is 5.09. The smallest absolute Gasteiger partial charge is 0.247 e. The maximum Gasteiger partial charge on any atom is 0.247 e. The number of hydrogen-bond acceptors (Lipinski definition) is 5. The number of benzene rings is 2. The first-order chi connectivity index (χ1) is 14.2. The lowest BCUT2D eigenvalue weighted by Gasteiger charge is -2.37. The van der Waals surface area contributed by atoms with E-state index in [4.69, 9.17) is 9.47 Å². The number of nitrogens with zero attached hydrogens (tertiary/aromatic N) is 2. The van der Waals surface area contributed by atoms with E-state index in [0.717, 1.165) is 22.6 Å². The molecule has 0 saturated carbocycles. The Morgan fingerprint density at radius 3 is 2.62 bits per heavy atom.